The summed E-state index contributed by atoms with van der Waals surface area (Å²) in [5.74, 6) is 0.119. The van der Waals surface area contributed by atoms with E-state index >= 15 is 0 Å². The molecule has 44 heavy (non-hydrogen) atoms. The number of hydrogen-bond acceptors (Lipinski definition) is 5. The van der Waals surface area contributed by atoms with Gasteiger partial charge in [-0.05, 0) is 60.4 Å². The van der Waals surface area contributed by atoms with Crippen molar-refractivity contribution in [2.45, 2.75) is 69.6 Å². The number of likely N-dealkylation sites (tertiary alicyclic amines) is 1. The number of carbonyl (C=O) groups excluding carboxylic acids is 1. The van der Waals surface area contributed by atoms with Crippen LogP contribution in [0.3, 0.4) is 0 Å². The lowest BCUT2D eigenvalue weighted by molar-refractivity contribution is -0.157. The zero-order chi connectivity index (χ0) is 30.8. The topological polar surface area (TPSA) is 82.1 Å². The first-order valence-corrected chi connectivity index (χ1v) is 16.1. The van der Waals surface area contributed by atoms with Crippen LogP contribution in [0.4, 0.5) is 0 Å². The molecule has 3 unspecified atom stereocenters. The first-order chi connectivity index (χ1) is 21.4. The summed E-state index contributed by atoms with van der Waals surface area (Å²) in [5.41, 5.74) is 4.76. The van der Waals surface area contributed by atoms with E-state index in [9.17, 15) is 14.7 Å². The van der Waals surface area contributed by atoms with Gasteiger partial charge in [0.1, 0.15) is 11.8 Å². The molecule has 0 saturated carbocycles. The highest BCUT2D eigenvalue weighted by atomic mass is 16.5. The van der Waals surface area contributed by atoms with Gasteiger partial charge in [0, 0.05) is 43.2 Å². The minimum absolute atomic E-state index is 0.00246. The van der Waals surface area contributed by atoms with E-state index in [1.54, 1.807) is 12.0 Å². The Morgan fingerprint density at radius 1 is 0.932 bits per heavy atom. The van der Waals surface area contributed by atoms with E-state index in [2.05, 4.69) is 90.8 Å². The fraction of sp³-hybridized carbons (Fsp3) is 0.459. The number of benzene rings is 3. The molecule has 3 aromatic rings. The van der Waals surface area contributed by atoms with Crippen molar-refractivity contribution in [1.29, 1.82) is 0 Å². The third-order valence-electron chi connectivity index (χ3n) is 10.2. The van der Waals surface area contributed by atoms with Crippen molar-refractivity contribution in [3.05, 3.63) is 101 Å². The van der Waals surface area contributed by atoms with Crippen LogP contribution in [0.5, 0.6) is 5.75 Å². The number of nitrogens with one attached hydrogen (secondary N) is 1. The van der Waals surface area contributed by atoms with E-state index < -0.39 is 12.0 Å². The van der Waals surface area contributed by atoms with Gasteiger partial charge in [-0.25, -0.2) is 4.79 Å². The largest absolute Gasteiger partial charge is 0.496 e. The SMILES string of the molecule is COc1ccc(C(C)C)cc1CN[C@@H]1CN2CC[C@H]1[C@@H](C(=O)N1CCCC1C(=O)O)C2C(c1ccccc1)c1ccccc1. The third kappa shape index (κ3) is 5.87. The summed E-state index contributed by atoms with van der Waals surface area (Å²) >= 11 is 0. The van der Waals surface area contributed by atoms with Crippen molar-refractivity contribution < 1.29 is 19.4 Å². The van der Waals surface area contributed by atoms with E-state index in [-0.39, 0.29) is 35.7 Å². The molecule has 2 bridgehead atoms. The second-order valence-corrected chi connectivity index (χ2v) is 13.0. The van der Waals surface area contributed by atoms with Gasteiger partial charge in [-0.1, -0.05) is 86.6 Å². The number of methoxy groups -OCH3 is 1. The van der Waals surface area contributed by atoms with Crippen molar-refractivity contribution >= 4 is 11.9 Å². The van der Waals surface area contributed by atoms with Crippen LogP contribution in [-0.4, -0.2) is 71.7 Å². The molecule has 4 fully saturated rings. The number of carboxylic acids is 1. The monoisotopic (exact) mass is 595 g/mol. The first-order valence-electron chi connectivity index (χ1n) is 16.1. The predicted molar refractivity (Wildman–Crippen MR) is 172 cm³/mol. The van der Waals surface area contributed by atoms with Crippen molar-refractivity contribution in [3.8, 4) is 5.75 Å². The number of ether oxygens (including phenoxy) is 1. The maximum atomic E-state index is 14.7. The molecule has 7 rings (SSSR count). The fourth-order valence-corrected chi connectivity index (χ4v) is 8.06. The molecule has 4 aliphatic heterocycles. The van der Waals surface area contributed by atoms with Gasteiger partial charge in [-0.3, -0.25) is 9.69 Å². The zero-order valence-electron chi connectivity index (χ0n) is 26.1. The highest BCUT2D eigenvalue weighted by molar-refractivity contribution is 5.87. The van der Waals surface area contributed by atoms with Gasteiger partial charge in [0.15, 0.2) is 0 Å². The van der Waals surface area contributed by atoms with Gasteiger partial charge in [0.05, 0.1) is 13.0 Å². The highest BCUT2D eigenvalue weighted by Gasteiger charge is 2.55. The van der Waals surface area contributed by atoms with Crippen LogP contribution >= 0.6 is 0 Å². The number of nitrogens with zero attached hydrogens (tertiary/aromatic N) is 2. The Hall–Kier alpha value is -3.68. The molecule has 3 aromatic carbocycles. The Morgan fingerprint density at radius 3 is 2.23 bits per heavy atom. The quantitative estimate of drug-likeness (QED) is 0.322. The maximum Gasteiger partial charge on any atom is 0.326 e. The normalized spacial score (nSPS) is 26.3. The van der Waals surface area contributed by atoms with E-state index in [0.29, 0.717) is 25.4 Å². The summed E-state index contributed by atoms with van der Waals surface area (Å²) < 4.78 is 5.72. The smallest absolute Gasteiger partial charge is 0.326 e. The van der Waals surface area contributed by atoms with E-state index in [1.165, 1.54) is 16.7 Å². The summed E-state index contributed by atoms with van der Waals surface area (Å²) in [7, 11) is 1.71. The van der Waals surface area contributed by atoms with Crippen LogP contribution in [-0.2, 0) is 16.1 Å². The van der Waals surface area contributed by atoms with Crippen molar-refractivity contribution in [1.82, 2.24) is 15.1 Å². The molecule has 2 N–H and O–H groups in total. The van der Waals surface area contributed by atoms with E-state index in [4.69, 9.17) is 4.74 Å². The van der Waals surface area contributed by atoms with Gasteiger partial charge < -0.3 is 20.1 Å². The molecule has 7 nitrogen and oxygen atoms in total. The Morgan fingerprint density at radius 2 is 1.61 bits per heavy atom. The predicted octanol–water partition coefficient (Wildman–Crippen LogP) is 5.50. The van der Waals surface area contributed by atoms with Crippen LogP contribution in [0.1, 0.15) is 67.2 Å². The average Bonchev–Trinajstić information content (AvgIpc) is 3.55. The summed E-state index contributed by atoms with van der Waals surface area (Å²) in [6.07, 6.45) is 2.14. The zero-order valence-corrected chi connectivity index (χ0v) is 26.1. The van der Waals surface area contributed by atoms with Crippen molar-refractivity contribution in [3.63, 3.8) is 0 Å². The van der Waals surface area contributed by atoms with Crippen LogP contribution in [0.15, 0.2) is 78.9 Å². The van der Waals surface area contributed by atoms with Crippen LogP contribution in [0.25, 0.3) is 0 Å². The summed E-state index contributed by atoms with van der Waals surface area (Å²) in [6.45, 7) is 7.30. The molecule has 7 heteroatoms. The Labute approximate surface area is 261 Å². The Kier molecular flexibility index (Phi) is 9.06. The Bertz CT molecular complexity index is 1410. The average molecular weight is 596 g/mol. The van der Waals surface area contributed by atoms with E-state index in [1.807, 2.05) is 12.1 Å². The lowest BCUT2D eigenvalue weighted by Crippen LogP contribution is -2.68. The van der Waals surface area contributed by atoms with Crippen LogP contribution in [0.2, 0.25) is 0 Å². The molecule has 1 amide bonds. The summed E-state index contributed by atoms with van der Waals surface area (Å²) in [4.78, 5) is 31.2. The van der Waals surface area contributed by atoms with Crippen molar-refractivity contribution in [2.75, 3.05) is 26.7 Å². The second kappa shape index (κ2) is 13.1. The molecular formula is C37H45N3O4. The number of carbonyl (C=O) groups is 2. The highest BCUT2D eigenvalue weighted by Crippen LogP contribution is 2.47. The molecule has 0 aliphatic carbocycles. The minimum Gasteiger partial charge on any atom is -0.496 e. The van der Waals surface area contributed by atoms with Gasteiger partial charge in [-0.15, -0.1) is 0 Å². The van der Waals surface area contributed by atoms with Gasteiger partial charge >= 0.3 is 5.97 Å². The van der Waals surface area contributed by atoms with Gasteiger partial charge in [-0.2, -0.15) is 0 Å². The number of aliphatic carboxylic acids is 1. The molecule has 4 heterocycles. The molecular weight excluding hydrogens is 550 g/mol. The molecule has 6 atom stereocenters. The standard InChI is InChI=1S/C37H45N3O4/c1-24(2)27-16-17-32(44-3)28(21-27)22-38-30-23-39-20-18-29(30)34(36(41)40-19-10-15-31(40)37(42)43)35(39)33(25-11-6-4-7-12-25)26-13-8-5-9-14-26/h4-9,11-14,16-17,21,24,29-31,33-35,38H,10,15,18-20,22-23H2,1-3H3,(H,42,43)/t29-,30-,31?,34-,35?/m1/s1. The van der Waals surface area contributed by atoms with Crippen LogP contribution < -0.4 is 10.1 Å². The molecule has 0 spiro atoms. The second-order valence-electron chi connectivity index (χ2n) is 13.0. The lowest BCUT2D eigenvalue weighted by Gasteiger charge is -2.57. The molecule has 4 saturated heterocycles. The maximum absolute atomic E-state index is 14.7. The Balaban J connectivity index is 1.37. The molecule has 0 aromatic heterocycles. The van der Waals surface area contributed by atoms with Crippen molar-refractivity contribution in [2.24, 2.45) is 11.8 Å². The first kappa shape index (κ1) is 30.4. The number of hydrogen-bond donors (Lipinski definition) is 2. The lowest BCUT2D eigenvalue weighted by atomic mass is 9.64. The molecule has 4 aliphatic rings. The fourth-order valence-electron chi connectivity index (χ4n) is 8.06. The van der Waals surface area contributed by atoms with Gasteiger partial charge in [0.25, 0.3) is 0 Å². The van der Waals surface area contributed by atoms with E-state index in [0.717, 1.165) is 37.2 Å². The number of piperidine rings is 3. The number of amides is 1. The third-order valence-corrected chi connectivity index (χ3v) is 10.2. The number of rotatable bonds is 10. The minimum atomic E-state index is -0.900. The van der Waals surface area contributed by atoms with Gasteiger partial charge in [0.2, 0.25) is 5.91 Å². The number of carboxylic acid groups (broad SMARTS) is 1. The summed E-state index contributed by atoms with van der Waals surface area (Å²) in [6, 6.07) is 26.7. The summed E-state index contributed by atoms with van der Waals surface area (Å²) in [5, 5.41) is 13.9. The number of fused-ring (bicyclic) bond motifs is 3. The molecule has 0 radical (unpaired) electrons. The molecule has 232 valence electrons. The van der Waals surface area contributed by atoms with Crippen LogP contribution in [0, 0.1) is 11.8 Å².